The Kier molecular flexibility index (Phi) is 10.8. The molecule has 0 spiro atoms. The van der Waals surface area contributed by atoms with E-state index in [9.17, 15) is 0 Å². The Morgan fingerprint density at radius 1 is 0.676 bits per heavy atom. The number of hydrogen-bond acceptors (Lipinski definition) is 4. The third-order valence-electron chi connectivity index (χ3n) is 5.47. The van der Waals surface area contributed by atoms with E-state index in [1.54, 1.807) is 0 Å². The zero-order chi connectivity index (χ0) is 25.2. The molecule has 0 atom stereocenters. The fraction of sp³-hybridized carbons (Fsp3) is 0.519. The standard InChI is InChI=1S/C27H43NO3Si3/c1-32(2,3)30-34(6,7)31-33(4,5)22-12-10-8-9-11-21-29-27-19-17-26(18-20-27)25-15-13-24(23-28)14-16-25/h13-20H,8-12,21-22H2,1-7H3. The van der Waals surface area contributed by atoms with Gasteiger partial charge in [-0.05, 0) is 93.7 Å². The lowest BCUT2D eigenvalue weighted by Crippen LogP contribution is -2.51. The van der Waals surface area contributed by atoms with E-state index in [0.29, 0.717) is 5.56 Å². The Hall–Kier alpha value is -1.70. The fourth-order valence-corrected chi connectivity index (χ4v) is 17.6. The first-order chi connectivity index (χ1) is 15.9. The predicted octanol–water partition coefficient (Wildman–Crippen LogP) is 8.33. The van der Waals surface area contributed by atoms with Crippen LogP contribution in [0.2, 0.25) is 51.9 Å². The summed E-state index contributed by atoms with van der Waals surface area (Å²) in [6, 6.07) is 19.2. The summed E-state index contributed by atoms with van der Waals surface area (Å²) in [5.74, 6) is 0.912. The molecule has 0 saturated carbocycles. The molecule has 2 aromatic rings. The number of benzene rings is 2. The minimum atomic E-state index is -2.02. The highest BCUT2D eigenvalue weighted by Crippen LogP contribution is 2.25. The van der Waals surface area contributed by atoms with Gasteiger partial charge < -0.3 is 13.0 Å². The molecule has 0 aliphatic rings. The van der Waals surface area contributed by atoms with Crippen LogP contribution in [-0.2, 0) is 8.23 Å². The van der Waals surface area contributed by atoms with Crippen molar-refractivity contribution in [2.75, 3.05) is 6.61 Å². The van der Waals surface area contributed by atoms with E-state index in [1.807, 2.05) is 36.4 Å². The van der Waals surface area contributed by atoms with Crippen LogP contribution in [-0.4, -0.2) is 31.8 Å². The molecule has 0 N–H and O–H groups in total. The van der Waals surface area contributed by atoms with Crippen molar-refractivity contribution in [3.8, 4) is 22.9 Å². The van der Waals surface area contributed by atoms with Gasteiger partial charge in [0.1, 0.15) is 5.75 Å². The molecule has 0 bridgehead atoms. The number of unbranched alkanes of at least 4 members (excludes halogenated alkanes) is 4. The molecule has 0 heterocycles. The maximum atomic E-state index is 8.93. The third-order valence-corrected chi connectivity index (χ3v) is 15.6. The Morgan fingerprint density at radius 3 is 1.76 bits per heavy atom. The van der Waals surface area contributed by atoms with Crippen molar-refractivity contribution in [2.45, 2.75) is 84.0 Å². The zero-order valence-corrected chi connectivity index (χ0v) is 25.2. The van der Waals surface area contributed by atoms with Crippen molar-refractivity contribution >= 4 is 25.2 Å². The van der Waals surface area contributed by atoms with Gasteiger partial charge in [0.15, 0.2) is 16.6 Å². The van der Waals surface area contributed by atoms with Crippen molar-refractivity contribution in [1.82, 2.24) is 0 Å². The molecule has 34 heavy (non-hydrogen) atoms. The highest BCUT2D eigenvalue weighted by atomic mass is 28.5. The lowest BCUT2D eigenvalue weighted by molar-refractivity contribution is 0.304. The average Bonchev–Trinajstić information content (AvgIpc) is 2.73. The largest absolute Gasteiger partial charge is 0.494 e. The van der Waals surface area contributed by atoms with Crippen LogP contribution < -0.4 is 4.74 Å². The zero-order valence-electron chi connectivity index (χ0n) is 22.2. The molecule has 2 aromatic carbocycles. The molecule has 7 heteroatoms. The van der Waals surface area contributed by atoms with Gasteiger partial charge in [-0.3, -0.25) is 0 Å². The van der Waals surface area contributed by atoms with E-state index in [4.69, 9.17) is 18.2 Å². The summed E-state index contributed by atoms with van der Waals surface area (Å²) < 4.78 is 18.9. The van der Waals surface area contributed by atoms with Crippen molar-refractivity contribution in [3.63, 3.8) is 0 Å². The van der Waals surface area contributed by atoms with Gasteiger partial charge in [-0.15, -0.1) is 0 Å². The molecule has 0 aliphatic heterocycles. The van der Waals surface area contributed by atoms with Crippen molar-refractivity contribution in [2.24, 2.45) is 0 Å². The molecule has 0 radical (unpaired) electrons. The molecule has 4 nitrogen and oxygen atoms in total. The minimum Gasteiger partial charge on any atom is -0.494 e. The van der Waals surface area contributed by atoms with Crippen molar-refractivity contribution in [1.29, 1.82) is 5.26 Å². The Labute approximate surface area is 210 Å². The molecule has 0 fully saturated rings. The second-order valence-corrected chi connectivity index (χ2v) is 23.7. The summed E-state index contributed by atoms with van der Waals surface area (Å²) in [6.07, 6.45) is 6.03. The summed E-state index contributed by atoms with van der Waals surface area (Å²) in [7, 11) is -5.25. The number of ether oxygens (including phenoxy) is 1. The number of nitriles is 1. The van der Waals surface area contributed by atoms with Crippen LogP contribution in [0.4, 0.5) is 0 Å². The molecular formula is C27H43NO3Si3. The van der Waals surface area contributed by atoms with Gasteiger partial charge >= 0.3 is 8.56 Å². The fourth-order valence-electron chi connectivity index (χ4n) is 4.33. The lowest BCUT2D eigenvalue weighted by Gasteiger charge is -2.37. The molecule has 0 saturated heterocycles. The van der Waals surface area contributed by atoms with E-state index in [2.05, 4.69) is 64.0 Å². The van der Waals surface area contributed by atoms with E-state index in [1.165, 1.54) is 31.7 Å². The Balaban J connectivity index is 1.60. The summed E-state index contributed by atoms with van der Waals surface area (Å²) in [6.45, 7) is 16.6. The van der Waals surface area contributed by atoms with E-state index in [-0.39, 0.29) is 0 Å². The second-order valence-electron chi connectivity index (χ2n) is 11.1. The van der Waals surface area contributed by atoms with E-state index >= 15 is 0 Å². The van der Waals surface area contributed by atoms with Crippen LogP contribution in [0.3, 0.4) is 0 Å². The smallest absolute Gasteiger partial charge is 0.311 e. The van der Waals surface area contributed by atoms with Crippen LogP contribution in [0.25, 0.3) is 11.1 Å². The summed E-state index contributed by atoms with van der Waals surface area (Å²) in [5, 5.41) is 8.93. The molecule has 0 unspecified atom stereocenters. The van der Waals surface area contributed by atoms with Crippen molar-refractivity contribution < 1.29 is 13.0 Å². The molecule has 0 aromatic heterocycles. The normalized spacial score (nSPS) is 12.4. The van der Waals surface area contributed by atoms with E-state index < -0.39 is 25.2 Å². The van der Waals surface area contributed by atoms with Crippen LogP contribution >= 0.6 is 0 Å². The maximum absolute atomic E-state index is 8.93. The Bertz CT molecular complexity index is 914. The molecule has 0 amide bonds. The molecule has 2 rings (SSSR count). The molecule has 0 aliphatic carbocycles. The van der Waals surface area contributed by atoms with Crippen molar-refractivity contribution in [3.05, 3.63) is 54.1 Å². The average molecular weight is 514 g/mol. The topological polar surface area (TPSA) is 51.5 Å². The lowest BCUT2D eigenvalue weighted by atomic mass is 10.0. The molecule has 186 valence electrons. The van der Waals surface area contributed by atoms with Crippen LogP contribution in [0.5, 0.6) is 5.75 Å². The first kappa shape index (κ1) is 28.5. The van der Waals surface area contributed by atoms with Gasteiger partial charge in [0.2, 0.25) is 0 Å². The van der Waals surface area contributed by atoms with Gasteiger partial charge in [0.25, 0.3) is 0 Å². The Morgan fingerprint density at radius 2 is 1.21 bits per heavy atom. The highest BCUT2D eigenvalue weighted by molar-refractivity contribution is 6.87. The van der Waals surface area contributed by atoms with Gasteiger partial charge in [-0.2, -0.15) is 5.26 Å². The highest BCUT2D eigenvalue weighted by Gasteiger charge is 2.37. The second kappa shape index (κ2) is 12.8. The molecular weight excluding hydrogens is 471 g/mol. The first-order valence-electron chi connectivity index (χ1n) is 12.5. The summed E-state index contributed by atoms with van der Waals surface area (Å²) in [5.41, 5.74) is 2.92. The van der Waals surface area contributed by atoms with Gasteiger partial charge in [-0.1, -0.05) is 49.9 Å². The monoisotopic (exact) mass is 513 g/mol. The van der Waals surface area contributed by atoms with Crippen LogP contribution in [0.1, 0.15) is 37.7 Å². The van der Waals surface area contributed by atoms with E-state index in [0.717, 1.165) is 29.9 Å². The first-order valence-corrected chi connectivity index (χ1v) is 21.9. The summed E-state index contributed by atoms with van der Waals surface area (Å²) >= 11 is 0. The van der Waals surface area contributed by atoms with Crippen LogP contribution in [0.15, 0.2) is 48.5 Å². The predicted molar refractivity (Wildman–Crippen MR) is 150 cm³/mol. The SMILES string of the molecule is C[Si](C)(C)O[Si](C)(C)O[Si](C)(C)CCCCCCCOc1ccc(-c2ccc(C#N)cc2)cc1. The number of nitrogens with zero attached hydrogens (tertiary/aromatic N) is 1. The quantitative estimate of drug-likeness (QED) is 0.188. The van der Waals surface area contributed by atoms with Gasteiger partial charge in [-0.25, -0.2) is 0 Å². The minimum absolute atomic E-state index is 0.681. The number of hydrogen-bond donors (Lipinski definition) is 0. The maximum Gasteiger partial charge on any atom is 0.311 e. The van der Waals surface area contributed by atoms with Gasteiger partial charge in [0, 0.05) is 0 Å². The summed E-state index contributed by atoms with van der Waals surface area (Å²) in [4.78, 5) is 0. The van der Waals surface area contributed by atoms with Gasteiger partial charge in [0.05, 0.1) is 18.2 Å². The number of rotatable bonds is 14. The van der Waals surface area contributed by atoms with Crippen LogP contribution in [0, 0.1) is 11.3 Å². The third kappa shape index (κ3) is 11.2.